The van der Waals surface area contributed by atoms with Gasteiger partial charge in [-0.1, -0.05) is 77.5 Å². The van der Waals surface area contributed by atoms with Crippen molar-refractivity contribution in [3.8, 4) is 0 Å². The maximum absolute atomic E-state index is 13.0. The molecule has 0 aromatic rings. The highest BCUT2D eigenvalue weighted by atomic mass is 32.3. The average Bonchev–Trinajstić information content (AvgIpc) is 3.36. The van der Waals surface area contributed by atoms with Gasteiger partial charge in [-0.2, -0.15) is 0 Å². The Morgan fingerprint density at radius 1 is 1.10 bits per heavy atom. The summed E-state index contributed by atoms with van der Waals surface area (Å²) in [6, 6.07) is -0.175. The molecule has 278 valence electrons. The first-order chi connectivity index (χ1) is 22.7. The number of aliphatic carboxylic acids is 1. The Hall–Kier alpha value is -3.53. The number of nitrogens with zero attached hydrogens (tertiary/aromatic N) is 2. The molecule has 1 atom stereocenters. The zero-order chi connectivity index (χ0) is 38.4. The summed E-state index contributed by atoms with van der Waals surface area (Å²) in [6.07, 6.45) is 22.8. The third-order valence-corrected chi connectivity index (χ3v) is 8.41. The van der Waals surface area contributed by atoms with Crippen molar-refractivity contribution in [1.82, 2.24) is 10.2 Å². The van der Waals surface area contributed by atoms with E-state index in [-0.39, 0.29) is 42.7 Å². The molecule has 1 unspecified atom stereocenters. The number of halogens is 2. The van der Waals surface area contributed by atoms with Crippen molar-refractivity contribution < 1.29 is 28.3 Å². The lowest BCUT2D eigenvalue weighted by molar-refractivity contribution is -0.137. The number of carboxylic acids is 1. The van der Waals surface area contributed by atoms with E-state index in [2.05, 4.69) is 62.5 Å². The minimum absolute atomic E-state index is 0.104. The van der Waals surface area contributed by atoms with Crippen LogP contribution >= 0.6 is 10.0 Å². The molecule has 49 heavy (non-hydrogen) atoms. The number of hydrogen-bond donors (Lipinski definition) is 2. The second-order valence-electron chi connectivity index (χ2n) is 13.1. The van der Waals surface area contributed by atoms with Crippen LogP contribution in [0.4, 0.5) is 8.78 Å². The van der Waals surface area contributed by atoms with Gasteiger partial charge in [-0.15, -0.1) is 0 Å². The molecule has 0 aliphatic carbocycles. The van der Waals surface area contributed by atoms with Crippen LogP contribution < -0.4 is 5.32 Å². The van der Waals surface area contributed by atoms with E-state index in [1.165, 1.54) is 19.2 Å². The predicted octanol–water partition coefficient (Wildman–Crippen LogP) is 9.77. The fraction of sp³-hybridized carbons (Fsp3) is 0.538. The summed E-state index contributed by atoms with van der Waals surface area (Å²) < 4.78 is 24.3. The highest BCUT2D eigenvalue weighted by Gasteiger charge is 2.32. The number of rotatable bonds is 17. The standard InChI is InChI=1S/C29H47N3O4S.C8H10F2.C2H6/c1-9-22(20-26(33)30-18-15-28(35)36)12-13-23(10-2)24(14-17-29(4,5)11-3)32-25(31-21-27(32)34)16-19-37(6,7)8;1-6(2)4-8(10)5-7(3)9;1-2/h9-10,12-13,16,21,24H,11,14-15,17-20H2,1-8H3,(H,30,33)(H,35,36);4-5H,1H2,2-3H3;1-2H3/b13-12-,22-9+,23-10+,25-16?;7-5+,8-4+;. The third-order valence-electron chi connectivity index (χ3n) is 7.25. The predicted molar refractivity (Wildman–Crippen MR) is 207 cm³/mol. The molecular formula is C39H63F2N3O4S. The van der Waals surface area contributed by atoms with Gasteiger partial charge in [-0.25, -0.2) is 23.8 Å². The minimum atomic E-state index is -0.945. The number of nitrogens with one attached hydrogen (secondary N) is 1. The quantitative estimate of drug-likeness (QED) is 0.147. The van der Waals surface area contributed by atoms with E-state index >= 15 is 0 Å². The summed E-state index contributed by atoms with van der Waals surface area (Å²) in [5.41, 5.74) is 2.52. The number of carbonyl (C=O) groups is 3. The molecule has 0 aromatic heterocycles. The topological polar surface area (TPSA) is 99.1 Å². The Bertz CT molecular complexity index is 1310. The molecule has 0 spiro atoms. The van der Waals surface area contributed by atoms with Gasteiger partial charge in [0, 0.05) is 12.6 Å². The molecule has 1 heterocycles. The molecule has 7 nitrogen and oxygen atoms in total. The lowest BCUT2D eigenvalue weighted by atomic mass is 9.82. The number of hydrogen-bond acceptors (Lipinski definition) is 4. The second-order valence-corrected chi connectivity index (χ2v) is 17.6. The molecule has 0 saturated carbocycles. The molecule has 1 aliphatic rings. The van der Waals surface area contributed by atoms with Gasteiger partial charge in [-0.05, 0) is 93.8 Å². The molecule has 1 rings (SSSR count). The first-order valence-corrected chi connectivity index (χ1v) is 19.9. The Morgan fingerprint density at radius 3 is 2.18 bits per heavy atom. The van der Waals surface area contributed by atoms with Gasteiger partial charge >= 0.3 is 5.97 Å². The van der Waals surface area contributed by atoms with E-state index in [4.69, 9.17) is 5.11 Å². The number of aliphatic imine (C=N–C) groups is 1. The molecule has 0 bridgehead atoms. The number of allylic oxidation sites excluding steroid dienone is 8. The van der Waals surface area contributed by atoms with Crippen molar-refractivity contribution in [2.24, 2.45) is 10.4 Å². The Labute approximate surface area is 297 Å². The van der Waals surface area contributed by atoms with Crippen LogP contribution in [0.15, 0.2) is 88.3 Å². The first-order valence-electron chi connectivity index (χ1n) is 16.8. The van der Waals surface area contributed by atoms with Gasteiger partial charge in [0.15, 0.2) is 0 Å². The van der Waals surface area contributed by atoms with Gasteiger partial charge in [0.1, 0.15) is 11.6 Å². The SMILES string of the molecule is C=C(C)/C=C(F)\C=C(/C)F.CC.C\C=C(/C=C\C(=C/C)C(CCC(C)(C)CC)N1C(=O)C=NC1=CCS(C)(C)C)CC(=O)NCCC(=O)O. The molecule has 10 heteroatoms. The van der Waals surface area contributed by atoms with Gasteiger partial charge in [-0.3, -0.25) is 19.3 Å². The lowest BCUT2D eigenvalue weighted by Gasteiger charge is -2.33. The Balaban J connectivity index is 0. The van der Waals surface area contributed by atoms with E-state index in [0.717, 1.165) is 42.2 Å². The van der Waals surface area contributed by atoms with Crippen molar-refractivity contribution in [1.29, 1.82) is 0 Å². The maximum Gasteiger partial charge on any atom is 0.305 e. The van der Waals surface area contributed by atoms with Gasteiger partial charge in [0.2, 0.25) is 5.91 Å². The van der Waals surface area contributed by atoms with Crippen molar-refractivity contribution in [3.63, 3.8) is 0 Å². The van der Waals surface area contributed by atoms with Crippen LogP contribution in [0.25, 0.3) is 0 Å². The fourth-order valence-corrected chi connectivity index (χ4v) is 4.83. The molecule has 2 N–H and O–H groups in total. The van der Waals surface area contributed by atoms with E-state index in [0.29, 0.717) is 11.4 Å². The lowest BCUT2D eigenvalue weighted by Crippen LogP contribution is -2.38. The van der Waals surface area contributed by atoms with Crippen molar-refractivity contribution >= 4 is 34.0 Å². The molecule has 0 saturated heterocycles. The zero-order valence-electron chi connectivity index (χ0n) is 32.1. The summed E-state index contributed by atoms with van der Waals surface area (Å²) in [5, 5.41) is 11.4. The van der Waals surface area contributed by atoms with Crippen LogP contribution in [-0.4, -0.2) is 71.1 Å². The van der Waals surface area contributed by atoms with Crippen LogP contribution in [0.3, 0.4) is 0 Å². The highest BCUT2D eigenvalue weighted by Crippen LogP contribution is 2.37. The fourth-order valence-electron chi connectivity index (χ4n) is 4.18. The first kappa shape index (κ1) is 47.6. The Morgan fingerprint density at radius 2 is 1.71 bits per heavy atom. The van der Waals surface area contributed by atoms with E-state index in [1.807, 2.05) is 56.9 Å². The van der Waals surface area contributed by atoms with E-state index < -0.39 is 27.7 Å². The molecule has 0 fully saturated rings. The molecular weight excluding hydrogens is 645 g/mol. The van der Waals surface area contributed by atoms with Crippen LogP contribution in [0.2, 0.25) is 0 Å². The van der Waals surface area contributed by atoms with Crippen molar-refractivity contribution in [2.45, 2.75) is 100 Å². The largest absolute Gasteiger partial charge is 0.481 e. The summed E-state index contributed by atoms with van der Waals surface area (Å²) in [4.78, 5) is 42.3. The van der Waals surface area contributed by atoms with Gasteiger partial charge < -0.3 is 10.4 Å². The molecule has 0 aromatic carbocycles. The minimum Gasteiger partial charge on any atom is -0.481 e. The van der Waals surface area contributed by atoms with Crippen LogP contribution in [-0.2, 0) is 14.4 Å². The zero-order valence-corrected chi connectivity index (χ0v) is 32.9. The van der Waals surface area contributed by atoms with E-state index in [9.17, 15) is 23.2 Å². The normalized spacial score (nSPS) is 16.2. The molecule has 2 amide bonds. The van der Waals surface area contributed by atoms with Crippen LogP contribution in [0, 0.1) is 5.41 Å². The van der Waals surface area contributed by atoms with Crippen LogP contribution in [0.1, 0.15) is 94.4 Å². The maximum atomic E-state index is 13.0. The number of carbonyl (C=O) groups excluding carboxylic acids is 2. The van der Waals surface area contributed by atoms with Gasteiger partial charge in [0.05, 0.1) is 30.9 Å². The smallest absolute Gasteiger partial charge is 0.305 e. The van der Waals surface area contributed by atoms with Gasteiger partial charge in [0.25, 0.3) is 5.91 Å². The second kappa shape index (κ2) is 24.6. The number of amides is 2. The number of carboxylic acid groups (broad SMARTS) is 1. The summed E-state index contributed by atoms with van der Waals surface area (Å²) in [6.45, 7) is 20.9. The monoisotopic (exact) mass is 707 g/mol. The summed E-state index contributed by atoms with van der Waals surface area (Å²) >= 11 is 0. The van der Waals surface area contributed by atoms with E-state index in [1.54, 1.807) is 6.92 Å². The molecule has 1 aliphatic heterocycles. The summed E-state index contributed by atoms with van der Waals surface area (Å²) in [7, 11) is -0.786. The highest BCUT2D eigenvalue weighted by molar-refractivity contribution is 8.32. The molecule has 0 radical (unpaired) electrons. The van der Waals surface area contributed by atoms with Crippen molar-refractivity contribution in [2.75, 3.05) is 31.1 Å². The summed E-state index contributed by atoms with van der Waals surface area (Å²) in [5.74, 6) is -0.825. The third kappa shape index (κ3) is 22.7. The average molecular weight is 708 g/mol. The van der Waals surface area contributed by atoms with Crippen LogP contribution in [0.5, 0.6) is 0 Å². The Kier molecular flexibility index (Phi) is 23.9. The van der Waals surface area contributed by atoms with Crippen molar-refractivity contribution in [3.05, 3.63) is 83.3 Å².